The van der Waals surface area contributed by atoms with Gasteiger partial charge in [0.2, 0.25) is 0 Å². The molecule has 1 aromatic rings. The average molecular weight is 270 g/mol. The summed E-state index contributed by atoms with van der Waals surface area (Å²) in [4.78, 5) is 12.8. The Morgan fingerprint density at radius 1 is 1.39 bits per heavy atom. The molecule has 18 heavy (non-hydrogen) atoms. The summed E-state index contributed by atoms with van der Waals surface area (Å²) in [6, 6.07) is 4.57. The van der Waals surface area contributed by atoms with Crippen molar-refractivity contribution in [3.8, 4) is 0 Å². The van der Waals surface area contributed by atoms with Crippen molar-refractivity contribution < 1.29 is 4.92 Å². The Morgan fingerprint density at radius 2 is 2.11 bits per heavy atom. The number of benzene rings is 1. The molecule has 1 fully saturated rings. The second-order valence-corrected chi connectivity index (χ2v) is 4.83. The molecule has 1 saturated heterocycles. The molecule has 2 rings (SSSR count). The summed E-state index contributed by atoms with van der Waals surface area (Å²) in [6.45, 7) is 3.85. The summed E-state index contributed by atoms with van der Waals surface area (Å²) in [7, 11) is 0. The highest BCUT2D eigenvalue weighted by Gasteiger charge is 2.15. The second kappa shape index (κ2) is 6.02. The summed E-state index contributed by atoms with van der Waals surface area (Å²) in [5.41, 5.74) is 0.563. The van der Waals surface area contributed by atoms with E-state index in [1.54, 1.807) is 6.07 Å². The number of hydrogen-bond acceptors (Lipinski definition) is 4. The van der Waals surface area contributed by atoms with Crippen LogP contribution in [0.5, 0.6) is 0 Å². The molecule has 1 aliphatic rings. The van der Waals surface area contributed by atoms with E-state index in [1.807, 2.05) is 0 Å². The first-order valence-electron chi connectivity index (χ1n) is 6.07. The van der Waals surface area contributed by atoms with E-state index in [0.717, 1.165) is 19.6 Å². The standard InChI is InChI=1S/C12H16ClN3O2/c13-10-3-4-12(16(17)18)11(9-10)14-5-8-15-6-1-2-7-15/h3-4,9,14H,1-2,5-8H2. The zero-order chi connectivity index (χ0) is 13.0. The van der Waals surface area contributed by atoms with E-state index in [9.17, 15) is 10.1 Å². The fourth-order valence-corrected chi connectivity index (χ4v) is 2.34. The van der Waals surface area contributed by atoms with E-state index in [1.165, 1.54) is 25.0 Å². The van der Waals surface area contributed by atoms with Crippen molar-refractivity contribution >= 4 is 23.0 Å². The summed E-state index contributed by atoms with van der Waals surface area (Å²) >= 11 is 5.85. The smallest absolute Gasteiger partial charge is 0.292 e. The average Bonchev–Trinajstić information content (AvgIpc) is 2.82. The van der Waals surface area contributed by atoms with Crippen LogP contribution in [0, 0.1) is 10.1 Å². The number of nitro groups is 1. The second-order valence-electron chi connectivity index (χ2n) is 4.39. The van der Waals surface area contributed by atoms with Crippen molar-refractivity contribution in [2.45, 2.75) is 12.8 Å². The Labute approximate surface area is 111 Å². The van der Waals surface area contributed by atoms with Gasteiger partial charge in [-0.15, -0.1) is 0 Å². The molecule has 0 bridgehead atoms. The number of anilines is 1. The number of hydrogen-bond donors (Lipinski definition) is 1. The molecular weight excluding hydrogens is 254 g/mol. The van der Waals surface area contributed by atoms with Crippen LogP contribution in [-0.2, 0) is 0 Å². The molecule has 0 saturated carbocycles. The fourth-order valence-electron chi connectivity index (χ4n) is 2.16. The maximum Gasteiger partial charge on any atom is 0.292 e. The lowest BCUT2D eigenvalue weighted by molar-refractivity contribution is -0.384. The Hall–Kier alpha value is -1.33. The van der Waals surface area contributed by atoms with Gasteiger partial charge in [0.25, 0.3) is 5.69 Å². The Balaban J connectivity index is 1.94. The maximum absolute atomic E-state index is 10.9. The number of rotatable bonds is 5. The molecule has 5 nitrogen and oxygen atoms in total. The minimum atomic E-state index is -0.394. The van der Waals surface area contributed by atoms with Crippen LogP contribution < -0.4 is 5.32 Å². The van der Waals surface area contributed by atoms with E-state index < -0.39 is 4.92 Å². The molecule has 0 radical (unpaired) electrons. The van der Waals surface area contributed by atoms with Crippen LogP contribution in [0.4, 0.5) is 11.4 Å². The topological polar surface area (TPSA) is 58.4 Å². The van der Waals surface area contributed by atoms with Crippen molar-refractivity contribution in [3.63, 3.8) is 0 Å². The van der Waals surface area contributed by atoms with Crippen molar-refractivity contribution in [2.75, 3.05) is 31.5 Å². The van der Waals surface area contributed by atoms with Crippen LogP contribution in [0.25, 0.3) is 0 Å². The zero-order valence-electron chi connectivity index (χ0n) is 10.1. The predicted molar refractivity (Wildman–Crippen MR) is 72.3 cm³/mol. The normalized spacial score (nSPS) is 15.8. The van der Waals surface area contributed by atoms with Crippen LogP contribution >= 0.6 is 11.6 Å². The van der Waals surface area contributed by atoms with Gasteiger partial charge in [-0.25, -0.2) is 0 Å². The molecule has 0 aliphatic carbocycles. The Bertz CT molecular complexity index is 433. The van der Waals surface area contributed by atoms with Crippen LogP contribution in [0.3, 0.4) is 0 Å². The van der Waals surface area contributed by atoms with Gasteiger partial charge >= 0.3 is 0 Å². The molecule has 0 amide bonds. The van der Waals surface area contributed by atoms with Crippen LogP contribution in [0.1, 0.15) is 12.8 Å². The third kappa shape index (κ3) is 3.34. The number of halogens is 1. The fraction of sp³-hybridized carbons (Fsp3) is 0.500. The number of nitrogens with zero attached hydrogens (tertiary/aromatic N) is 2. The summed E-state index contributed by atoms with van der Waals surface area (Å²) in [5.74, 6) is 0. The molecule has 0 atom stereocenters. The molecule has 0 aromatic heterocycles. The molecule has 1 heterocycles. The van der Waals surface area contributed by atoms with E-state index in [-0.39, 0.29) is 5.69 Å². The SMILES string of the molecule is O=[N+]([O-])c1ccc(Cl)cc1NCCN1CCCC1. The maximum atomic E-state index is 10.9. The molecular formula is C12H16ClN3O2. The van der Waals surface area contributed by atoms with E-state index in [0.29, 0.717) is 17.3 Å². The molecule has 98 valence electrons. The highest BCUT2D eigenvalue weighted by Crippen LogP contribution is 2.27. The largest absolute Gasteiger partial charge is 0.378 e. The van der Waals surface area contributed by atoms with Crippen molar-refractivity contribution in [1.82, 2.24) is 4.90 Å². The summed E-state index contributed by atoms with van der Waals surface area (Å²) in [5, 5.41) is 14.5. The van der Waals surface area contributed by atoms with Gasteiger partial charge < -0.3 is 10.2 Å². The number of nitro benzene ring substituents is 1. The number of likely N-dealkylation sites (tertiary alicyclic amines) is 1. The first-order chi connectivity index (χ1) is 8.66. The summed E-state index contributed by atoms with van der Waals surface area (Å²) in [6.07, 6.45) is 2.49. The lowest BCUT2D eigenvalue weighted by Crippen LogP contribution is -2.26. The Kier molecular flexibility index (Phi) is 4.38. The number of nitrogens with one attached hydrogen (secondary N) is 1. The predicted octanol–water partition coefficient (Wildman–Crippen LogP) is 2.76. The minimum Gasteiger partial charge on any atom is -0.378 e. The van der Waals surface area contributed by atoms with Crippen LogP contribution in [-0.4, -0.2) is 36.0 Å². The highest BCUT2D eigenvalue weighted by molar-refractivity contribution is 6.31. The molecule has 6 heteroatoms. The lowest BCUT2D eigenvalue weighted by atomic mass is 10.2. The highest BCUT2D eigenvalue weighted by atomic mass is 35.5. The van der Waals surface area contributed by atoms with Gasteiger partial charge in [-0.1, -0.05) is 11.6 Å². The van der Waals surface area contributed by atoms with Crippen LogP contribution in [0.15, 0.2) is 18.2 Å². The van der Waals surface area contributed by atoms with Gasteiger partial charge in [-0.05, 0) is 38.1 Å². The van der Waals surface area contributed by atoms with Gasteiger partial charge in [-0.3, -0.25) is 10.1 Å². The Morgan fingerprint density at radius 3 is 2.78 bits per heavy atom. The first kappa shape index (κ1) is 13.1. The monoisotopic (exact) mass is 269 g/mol. The molecule has 0 unspecified atom stereocenters. The quantitative estimate of drug-likeness (QED) is 0.660. The van der Waals surface area contributed by atoms with Crippen molar-refractivity contribution in [2.24, 2.45) is 0 Å². The van der Waals surface area contributed by atoms with Crippen LogP contribution in [0.2, 0.25) is 5.02 Å². The third-order valence-electron chi connectivity index (χ3n) is 3.10. The third-order valence-corrected chi connectivity index (χ3v) is 3.33. The zero-order valence-corrected chi connectivity index (χ0v) is 10.8. The summed E-state index contributed by atoms with van der Waals surface area (Å²) < 4.78 is 0. The van der Waals surface area contributed by atoms with Gasteiger partial charge in [-0.2, -0.15) is 0 Å². The molecule has 1 aromatic carbocycles. The first-order valence-corrected chi connectivity index (χ1v) is 6.45. The van der Waals surface area contributed by atoms with E-state index in [4.69, 9.17) is 11.6 Å². The lowest BCUT2D eigenvalue weighted by Gasteiger charge is -2.15. The van der Waals surface area contributed by atoms with E-state index in [2.05, 4.69) is 10.2 Å². The van der Waals surface area contributed by atoms with Gasteiger partial charge in [0.1, 0.15) is 5.69 Å². The van der Waals surface area contributed by atoms with Crippen molar-refractivity contribution in [3.05, 3.63) is 33.3 Å². The molecule has 0 spiro atoms. The van der Waals surface area contributed by atoms with E-state index >= 15 is 0 Å². The minimum absolute atomic E-state index is 0.0702. The van der Waals surface area contributed by atoms with Gasteiger partial charge in [0.05, 0.1) is 4.92 Å². The van der Waals surface area contributed by atoms with Gasteiger partial charge in [0, 0.05) is 24.2 Å². The van der Waals surface area contributed by atoms with Crippen molar-refractivity contribution in [1.29, 1.82) is 0 Å². The molecule has 1 aliphatic heterocycles. The van der Waals surface area contributed by atoms with Gasteiger partial charge in [0.15, 0.2) is 0 Å². The molecule has 1 N–H and O–H groups in total.